The molecule has 28 heavy (non-hydrogen) atoms. The van der Waals surface area contributed by atoms with E-state index in [2.05, 4.69) is 17.2 Å². The first-order valence-corrected chi connectivity index (χ1v) is 10.7. The molecule has 1 aliphatic rings. The molecule has 0 aliphatic heterocycles. The number of ether oxygens (including phenoxy) is 2. The highest BCUT2D eigenvalue weighted by molar-refractivity contribution is 6.30. The van der Waals surface area contributed by atoms with Crippen molar-refractivity contribution in [2.24, 2.45) is 5.92 Å². The van der Waals surface area contributed by atoms with E-state index < -0.39 is 6.09 Å². The molecule has 5 nitrogen and oxygen atoms in total. The second-order valence-corrected chi connectivity index (χ2v) is 7.71. The van der Waals surface area contributed by atoms with Crippen LogP contribution >= 0.6 is 11.6 Å². The van der Waals surface area contributed by atoms with Crippen molar-refractivity contribution >= 4 is 17.7 Å². The predicted octanol–water partition coefficient (Wildman–Crippen LogP) is 4.95. The van der Waals surface area contributed by atoms with Gasteiger partial charge in [-0.2, -0.15) is 0 Å². The van der Waals surface area contributed by atoms with Crippen LogP contribution in [-0.2, 0) is 4.74 Å². The van der Waals surface area contributed by atoms with Gasteiger partial charge < -0.3 is 20.1 Å². The number of halogens is 1. The Morgan fingerprint density at radius 2 is 1.89 bits per heavy atom. The van der Waals surface area contributed by atoms with Crippen LogP contribution in [-0.4, -0.2) is 38.4 Å². The summed E-state index contributed by atoms with van der Waals surface area (Å²) in [6.45, 7) is 7.25. The van der Waals surface area contributed by atoms with E-state index in [1.165, 1.54) is 0 Å². The highest BCUT2D eigenvalue weighted by Crippen LogP contribution is 2.26. The average molecular weight is 409 g/mol. The molecule has 0 heterocycles. The minimum atomic E-state index is -0.414. The van der Waals surface area contributed by atoms with Crippen molar-refractivity contribution in [3.63, 3.8) is 0 Å². The van der Waals surface area contributed by atoms with Gasteiger partial charge in [0, 0.05) is 18.2 Å². The molecule has 0 atom stereocenters. The van der Waals surface area contributed by atoms with E-state index in [-0.39, 0.29) is 0 Å². The van der Waals surface area contributed by atoms with Gasteiger partial charge in [-0.15, -0.1) is 6.58 Å². The van der Waals surface area contributed by atoms with E-state index in [1.807, 2.05) is 6.08 Å². The third-order valence-corrected chi connectivity index (χ3v) is 5.23. The van der Waals surface area contributed by atoms with Gasteiger partial charge in [0.15, 0.2) is 0 Å². The molecule has 0 unspecified atom stereocenters. The van der Waals surface area contributed by atoms with Gasteiger partial charge in [-0.25, -0.2) is 4.79 Å². The second kappa shape index (κ2) is 13.6. The standard InChI is InChI=1S/C22H33ClN2O3/c1-2-3-14-24-15-4-5-16-27-20-10-6-18(7-11-20)17-25-22(26)28-21-12-8-19(23)9-13-21/h2,8-9,12-13,18,20,24H,1,3-7,10-11,14-17H2,(H,25,26). The van der Waals surface area contributed by atoms with Gasteiger partial charge in [-0.1, -0.05) is 17.7 Å². The summed E-state index contributed by atoms with van der Waals surface area (Å²) in [5, 5.41) is 6.87. The Morgan fingerprint density at radius 1 is 1.14 bits per heavy atom. The number of benzene rings is 1. The van der Waals surface area contributed by atoms with Crippen LogP contribution < -0.4 is 15.4 Å². The van der Waals surface area contributed by atoms with Gasteiger partial charge in [0.1, 0.15) is 5.75 Å². The maximum atomic E-state index is 11.9. The summed E-state index contributed by atoms with van der Waals surface area (Å²) in [4.78, 5) is 11.9. The van der Waals surface area contributed by atoms with Crippen molar-refractivity contribution in [1.82, 2.24) is 10.6 Å². The Balaban J connectivity index is 1.48. The Kier molecular flexibility index (Phi) is 11.0. The number of nitrogens with one attached hydrogen (secondary N) is 2. The van der Waals surface area contributed by atoms with E-state index in [4.69, 9.17) is 21.1 Å². The fourth-order valence-corrected chi connectivity index (χ4v) is 3.43. The van der Waals surface area contributed by atoms with Crippen LogP contribution in [0, 0.1) is 5.92 Å². The van der Waals surface area contributed by atoms with Crippen LogP contribution in [0.5, 0.6) is 5.75 Å². The van der Waals surface area contributed by atoms with Crippen molar-refractivity contribution in [2.75, 3.05) is 26.2 Å². The van der Waals surface area contributed by atoms with Crippen LogP contribution in [0.3, 0.4) is 0 Å². The molecule has 6 heteroatoms. The second-order valence-electron chi connectivity index (χ2n) is 7.27. The molecule has 0 aromatic heterocycles. The van der Waals surface area contributed by atoms with Gasteiger partial charge in [0.05, 0.1) is 6.10 Å². The molecule has 2 rings (SSSR count). The largest absolute Gasteiger partial charge is 0.412 e. The Bertz CT molecular complexity index is 572. The molecule has 1 saturated carbocycles. The summed E-state index contributed by atoms with van der Waals surface area (Å²) in [6.07, 6.45) is 9.44. The number of carbonyl (C=O) groups excluding carboxylic acids is 1. The van der Waals surface area contributed by atoms with Crippen molar-refractivity contribution in [3.8, 4) is 5.75 Å². The molecular weight excluding hydrogens is 376 g/mol. The minimum absolute atomic E-state index is 0.367. The number of hydrogen-bond donors (Lipinski definition) is 2. The molecule has 0 bridgehead atoms. The van der Waals surface area contributed by atoms with E-state index in [1.54, 1.807) is 24.3 Å². The molecule has 156 valence electrons. The monoisotopic (exact) mass is 408 g/mol. The minimum Gasteiger partial charge on any atom is -0.410 e. The van der Waals surface area contributed by atoms with Gasteiger partial charge in [0.25, 0.3) is 0 Å². The fourth-order valence-electron chi connectivity index (χ4n) is 3.31. The SMILES string of the molecule is C=CCCNCCCCOC1CCC(CNC(=O)Oc2ccc(Cl)cc2)CC1. The molecule has 1 aromatic carbocycles. The van der Waals surface area contributed by atoms with Gasteiger partial charge in [-0.3, -0.25) is 0 Å². The molecule has 0 saturated heterocycles. The topological polar surface area (TPSA) is 59.6 Å². The van der Waals surface area contributed by atoms with Crippen molar-refractivity contribution < 1.29 is 14.3 Å². The molecule has 1 fully saturated rings. The molecular formula is C22H33ClN2O3. The van der Waals surface area contributed by atoms with E-state index in [0.717, 1.165) is 64.6 Å². The van der Waals surface area contributed by atoms with Gasteiger partial charge in [-0.05, 0) is 88.2 Å². The van der Waals surface area contributed by atoms with E-state index in [9.17, 15) is 4.79 Å². The first kappa shape index (κ1) is 22.7. The van der Waals surface area contributed by atoms with Crippen LogP contribution in [0.4, 0.5) is 4.79 Å². The molecule has 0 radical (unpaired) electrons. The summed E-state index contributed by atoms with van der Waals surface area (Å²) < 4.78 is 11.3. The first-order chi connectivity index (χ1) is 13.7. The third kappa shape index (κ3) is 9.58. The number of amides is 1. The van der Waals surface area contributed by atoms with E-state index in [0.29, 0.717) is 29.3 Å². The maximum absolute atomic E-state index is 11.9. The number of rotatable bonds is 12. The van der Waals surface area contributed by atoms with Crippen molar-refractivity contribution in [1.29, 1.82) is 0 Å². The molecule has 0 spiro atoms. The third-order valence-electron chi connectivity index (χ3n) is 4.98. The molecule has 1 aromatic rings. The van der Waals surface area contributed by atoms with Crippen LogP contribution in [0.25, 0.3) is 0 Å². The van der Waals surface area contributed by atoms with Crippen LogP contribution in [0.1, 0.15) is 44.9 Å². The predicted molar refractivity (Wildman–Crippen MR) is 114 cm³/mol. The maximum Gasteiger partial charge on any atom is 0.412 e. The zero-order valence-electron chi connectivity index (χ0n) is 16.6. The van der Waals surface area contributed by atoms with Crippen molar-refractivity contribution in [3.05, 3.63) is 41.9 Å². The fraction of sp³-hybridized carbons (Fsp3) is 0.591. The highest BCUT2D eigenvalue weighted by atomic mass is 35.5. The van der Waals surface area contributed by atoms with Crippen molar-refractivity contribution in [2.45, 2.75) is 51.0 Å². The zero-order valence-corrected chi connectivity index (χ0v) is 17.4. The first-order valence-electron chi connectivity index (χ1n) is 10.3. The molecule has 1 aliphatic carbocycles. The zero-order chi connectivity index (χ0) is 20.0. The average Bonchev–Trinajstić information content (AvgIpc) is 2.71. The number of unbranched alkanes of at least 4 members (excludes halogenated alkanes) is 1. The summed E-state index contributed by atoms with van der Waals surface area (Å²) >= 11 is 5.82. The lowest BCUT2D eigenvalue weighted by molar-refractivity contribution is 0.0166. The lowest BCUT2D eigenvalue weighted by Gasteiger charge is -2.28. The lowest BCUT2D eigenvalue weighted by atomic mass is 9.87. The Labute approximate surface area is 173 Å². The number of hydrogen-bond acceptors (Lipinski definition) is 4. The Hall–Kier alpha value is -1.56. The number of carbonyl (C=O) groups is 1. The van der Waals surface area contributed by atoms with E-state index >= 15 is 0 Å². The van der Waals surface area contributed by atoms with Crippen LogP contribution in [0.15, 0.2) is 36.9 Å². The molecule has 1 amide bonds. The summed E-state index contributed by atoms with van der Waals surface area (Å²) in [7, 11) is 0. The quantitative estimate of drug-likeness (QED) is 0.379. The summed E-state index contributed by atoms with van der Waals surface area (Å²) in [6, 6.07) is 6.76. The Morgan fingerprint density at radius 3 is 2.61 bits per heavy atom. The normalized spacial score (nSPS) is 19.2. The van der Waals surface area contributed by atoms with Crippen LogP contribution in [0.2, 0.25) is 5.02 Å². The molecule has 2 N–H and O–H groups in total. The summed E-state index contributed by atoms with van der Waals surface area (Å²) in [5.74, 6) is 0.988. The van der Waals surface area contributed by atoms with Gasteiger partial charge >= 0.3 is 6.09 Å². The summed E-state index contributed by atoms with van der Waals surface area (Å²) in [5.41, 5.74) is 0. The van der Waals surface area contributed by atoms with Gasteiger partial charge in [0.2, 0.25) is 0 Å². The lowest BCUT2D eigenvalue weighted by Crippen LogP contribution is -2.34. The highest BCUT2D eigenvalue weighted by Gasteiger charge is 2.22. The smallest absolute Gasteiger partial charge is 0.410 e.